The smallest absolute Gasteiger partial charge is 0.416 e. The number of hydrogen-bond donors (Lipinski definition) is 2. The van der Waals surface area contributed by atoms with E-state index >= 15 is 0 Å². The summed E-state index contributed by atoms with van der Waals surface area (Å²) in [5.74, 6) is -0.977. The molecule has 0 spiro atoms. The number of alkyl halides is 3. The van der Waals surface area contributed by atoms with Crippen molar-refractivity contribution in [3.63, 3.8) is 0 Å². The van der Waals surface area contributed by atoms with Crippen LogP contribution < -0.4 is 5.32 Å². The zero-order valence-electron chi connectivity index (χ0n) is 15.5. The maximum atomic E-state index is 14.3. The molecule has 152 valence electrons. The molecule has 0 aliphatic heterocycles. The number of aliphatic hydroxyl groups is 1. The normalized spacial score (nSPS) is 16.6. The largest absolute Gasteiger partial charge is 0.423 e. The molecule has 2 aromatic carbocycles. The van der Waals surface area contributed by atoms with E-state index in [1.165, 1.54) is 0 Å². The quantitative estimate of drug-likeness (QED) is 0.572. The molecule has 4 nitrogen and oxygen atoms in total. The van der Waals surface area contributed by atoms with Gasteiger partial charge < -0.3 is 14.8 Å². The molecule has 0 amide bonds. The van der Waals surface area contributed by atoms with E-state index in [-0.39, 0.29) is 17.3 Å². The molecule has 0 fully saturated rings. The molecule has 0 saturated carbocycles. The van der Waals surface area contributed by atoms with Gasteiger partial charge in [0, 0.05) is 12.1 Å². The van der Waals surface area contributed by atoms with Crippen LogP contribution in [0.3, 0.4) is 0 Å². The molecule has 1 aliphatic rings. The summed E-state index contributed by atoms with van der Waals surface area (Å²) in [6, 6.07) is 8.10. The van der Waals surface area contributed by atoms with Gasteiger partial charge in [0.05, 0.1) is 22.9 Å². The number of aryl methyl sites for hydroxylation is 2. The Morgan fingerprint density at radius 3 is 2.72 bits per heavy atom. The van der Waals surface area contributed by atoms with Crippen molar-refractivity contribution >= 4 is 11.7 Å². The van der Waals surface area contributed by atoms with Crippen LogP contribution in [0.2, 0.25) is 0 Å². The number of rotatable bonds is 3. The number of nitrogens with one attached hydrogen (secondary N) is 1. The molecular formula is C21H18F4N2O2. The summed E-state index contributed by atoms with van der Waals surface area (Å²) in [6.07, 6.45) is -3.09. The first kappa shape index (κ1) is 19.4. The van der Waals surface area contributed by atoms with Crippen LogP contribution in [-0.4, -0.2) is 16.2 Å². The van der Waals surface area contributed by atoms with Crippen molar-refractivity contribution in [3.05, 3.63) is 64.6 Å². The van der Waals surface area contributed by atoms with Gasteiger partial charge in [-0.2, -0.15) is 18.2 Å². The van der Waals surface area contributed by atoms with Crippen LogP contribution in [-0.2, 0) is 19.0 Å². The minimum Gasteiger partial charge on any atom is -0.423 e. The molecule has 1 aliphatic carbocycles. The predicted molar refractivity (Wildman–Crippen MR) is 99.4 cm³/mol. The van der Waals surface area contributed by atoms with E-state index in [1.807, 2.05) is 18.2 Å². The Balaban J connectivity index is 1.65. The molecule has 4 rings (SSSR count). The van der Waals surface area contributed by atoms with Crippen molar-refractivity contribution in [1.82, 2.24) is 4.98 Å². The second-order valence-electron chi connectivity index (χ2n) is 7.09. The Bertz CT molecular complexity index is 1060. The van der Waals surface area contributed by atoms with Crippen LogP contribution >= 0.6 is 0 Å². The van der Waals surface area contributed by atoms with Crippen LogP contribution in [0.25, 0.3) is 11.3 Å². The van der Waals surface area contributed by atoms with Crippen molar-refractivity contribution in [2.45, 2.75) is 38.5 Å². The van der Waals surface area contributed by atoms with Gasteiger partial charge >= 0.3 is 6.18 Å². The summed E-state index contributed by atoms with van der Waals surface area (Å²) < 4.78 is 58.2. The second-order valence-corrected chi connectivity index (χ2v) is 7.09. The maximum absolute atomic E-state index is 14.3. The number of hydrogen-bond acceptors (Lipinski definition) is 4. The lowest BCUT2D eigenvalue weighted by Gasteiger charge is -2.23. The van der Waals surface area contributed by atoms with E-state index in [1.54, 1.807) is 6.92 Å². The van der Waals surface area contributed by atoms with Crippen molar-refractivity contribution in [2.75, 3.05) is 5.32 Å². The lowest BCUT2D eigenvalue weighted by Crippen LogP contribution is -2.19. The summed E-state index contributed by atoms with van der Waals surface area (Å²) in [5, 5.41) is 13.0. The Kier molecular flexibility index (Phi) is 4.82. The van der Waals surface area contributed by atoms with Gasteiger partial charge in [0.25, 0.3) is 6.01 Å². The fraction of sp³-hybridized carbons (Fsp3) is 0.286. The highest BCUT2D eigenvalue weighted by molar-refractivity contribution is 5.66. The molecule has 0 radical (unpaired) electrons. The third-order valence-electron chi connectivity index (χ3n) is 5.04. The number of aliphatic hydroxyl groups excluding tert-OH is 1. The Hall–Kier alpha value is -2.87. The van der Waals surface area contributed by atoms with Crippen LogP contribution in [0.1, 0.15) is 28.8 Å². The molecule has 8 heteroatoms. The fourth-order valence-corrected chi connectivity index (χ4v) is 3.58. The standard InChI is InChI=1S/C21H18F4N2O2/c1-11-19(15-8-6-13(9-17(15)22)21(23,24)25)29-20(26-11)27-18-4-2-3-12-5-7-14(28)10-16(12)18/h2-4,6,8-9,14,28H,5,7,10H2,1H3,(H,26,27). The van der Waals surface area contributed by atoms with Gasteiger partial charge in [0.2, 0.25) is 0 Å². The highest BCUT2D eigenvalue weighted by Gasteiger charge is 2.31. The number of fused-ring (bicyclic) bond motifs is 1. The van der Waals surface area contributed by atoms with E-state index in [4.69, 9.17) is 4.42 Å². The minimum atomic E-state index is -4.63. The first-order valence-electron chi connectivity index (χ1n) is 9.13. The molecule has 1 atom stereocenters. The summed E-state index contributed by atoms with van der Waals surface area (Å²) in [4.78, 5) is 4.23. The molecule has 3 aromatic rings. The molecule has 1 unspecified atom stereocenters. The fourth-order valence-electron chi connectivity index (χ4n) is 3.58. The average molecular weight is 406 g/mol. The molecule has 29 heavy (non-hydrogen) atoms. The predicted octanol–water partition coefficient (Wildman–Crippen LogP) is 5.40. The van der Waals surface area contributed by atoms with E-state index in [9.17, 15) is 22.7 Å². The first-order valence-corrected chi connectivity index (χ1v) is 9.13. The third-order valence-corrected chi connectivity index (χ3v) is 5.04. The van der Waals surface area contributed by atoms with E-state index in [0.29, 0.717) is 24.6 Å². The number of benzene rings is 2. The van der Waals surface area contributed by atoms with Gasteiger partial charge in [-0.15, -0.1) is 0 Å². The molecular weight excluding hydrogens is 388 g/mol. The lowest BCUT2D eigenvalue weighted by atomic mass is 9.88. The molecule has 0 bridgehead atoms. The highest BCUT2D eigenvalue weighted by Crippen LogP contribution is 2.36. The van der Waals surface area contributed by atoms with Crippen LogP contribution in [0, 0.1) is 12.7 Å². The molecule has 1 heterocycles. The van der Waals surface area contributed by atoms with Crippen LogP contribution in [0.4, 0.5) is 29.3 Å². The topological polar surface area (TPSA) is 58.3 Å². The van der Waals surface area contributed by atoms with Crippen LogP contribution in [0.5, 0.6) is 0 Å². The lowest BCUT2D eigenvalue weighted by molar-refractivity contribution is -0.137. The van der Waals surface area contributed by atoms with Gasteiger partial charge in [0.1, 0.15) is 5.82 Å². The minimum absolute atomic E-state index is 0.0588. The van der Waals surface area contributed by atoms with Crippen molar-refractivity contribution < 1.29 is 27.1 Å². The molecule has 2 N–H and O–H groups in total. The van der Waals surface area contributed by atoms with Crippen molar-refractivity contribution in [1.29, 1.82) is 0 Å². The van der Waals surface area contributed by atoms with Gasteiger partial charge in [-0.25, -0.2) is 4.39 Å². The number of oxazole rings is 1. The Morgan fingerprint density at radius 2 is 2.00 bits per heavy atom. The summed E-state index contributed by atoms with van der Waals surface area (Å²) in [5.41, 5.74) is 1.99. The van der Waals surface area contributed by atoms with Crippen molar-refractivity contribution in [2.24, 2.45) is 0 Å². The molecule has 1 aromatic heterocycles. The number of nitrogens with zero attached hydrogens (tertiary/aromatic N) is 1. The maximum Gasteiger partial charge on any atom is 0.416 e. The van der Waals surface area contributed by atoms with Crippen molar-refractivity contribution in [3.8, 4) is 11.3 Å². The van der Waals surface area contributed by atoms with Gasteiger partial charge in [0.15, 0.2) is 5.76 Å². The first-order chi connectivity index (χ1) is 13.7. The summed E-state index contributed by atoms with van der Waals surface area (Å²) >= 11 is 0. The van der Waals surface area contributed by atoms with E-state index < -0.39 is 23.7 Å². The van der Waals surface area contributed by atoms with Gasteiger partial charge in [-0.1, -0.05) is 12.1 Å². The van der Waals surface area contributed by atoms with Crippen LogP contribution in [0.15, 0.2) is 40.8 Å². The zero-order valence-corrected chi connectivity index (χ0v) is 15.5. The van der Waals surface area contributed by atoms with E-state index in [2.05, 4.69) is 10.3 Å². The Morgan fingerprint density at radius 1 is 1.21 bits per heavy atom. The third kappa shape index (κ3) is 3.85. The number of aromatic nitrogens is 1. The summed E-state index contributed by atoms with van der Waals surface area (Å²) in [7, 11) is 0. The number of halogens is 4. The number of anilines is 2. The van der Waals surface area contributed by atoms with E-state index in [0.717, 1.165) is 35.4 Å². The second kappa shape index (κ2) is 7.18. The highest BCUT2D eigenvalue weighted by atomic mass is 19.4. The average Bonchev–Trinajstić information content (AvgIpc) is 3.01. The zero-order chi connectivity index (χ0) is 20.8. The Labute approximate surface area is 164 Å². The summed E-state index contributed by atoms with van der Waals surface area (Å²) in [6.45, 7) is 1.59. The SMILES string of the molecule is Cc1nc(Nc2cccc3c2CC(O)CC3)oc1-c1ccc(C(F)(F)F)cc1F. The van der Waals surface area contributed by atoms with Gasteiger partial charge in [-0.05, 0) is 55.2 Å². The van der Waals surface area contributed by atoms with Gasteiger partial charge in [-0.3, -0.25) is 0 Å². The molecule has 0 saturated heterocycles. The monoisotopic (exact) mass is 406 g/mol.